The van der Waals surface area contributed by atoms with Gasteiger partial charge in [0, 0.05) is 11.1 Å². The van der Waals surface area contributed by atoms with Crippen molar-refractivity contribution in [3.63, 3.8) is 0 Å². The van der Waals surface area contributed by atoms with Gasteiger partial charge in [0.25, 0.3) is 6.92 Å². The molecule has 0 aromatic heterocycles. The summed E-state index contributed by atoms with van der Waals surface area (Å²) in [4.78, 5) is 0. The van der Waals surface area contributed by atoms with E-state index >= 15 is 0 Å². The minimum absolute atomic E-state index is 0.213. The Bertz CT molecular complexity index is 2840. The van der Waals surface area contributed by atoms with Crippen LogP contribution < -0.4 is 5.46 Å². The molecule has 0 bridgehead atoms. The highest BCUT2D eigenvalue weighted by Gasteiger charge is 2.53. The van der Waals surface area contributed by atoms with Crippen molar-refractivity contribution in [1.29, 1.82) is 0 Å². The molecule has 0 saturated carbocycles. The number of hydrogen-bond acceptors (Lipinski definition) is 3. The zero-order valence-electron chi connectivity index (χ0n) is 39.2. The normalized spacial score (nSPS) is 17.0. The third-order valence-corrected chi connectivity index (χ3v) is 15.3. The summed E-state index contributed by atoms with van der Waals surface area (Å²) in [5.74, 6) is -0.448. The SMILES string of the molecule is CC1(C)OB(c2c3ccccc3c(-c3ccc(F)cc3)c3ccccc23)OC1(C)C.CCCOB1CC(C)(C)C(C)(C)C1.Fc1ccc(-c2c3ccccc3c(Br)c3ccccc23)cc1. The van der Waals surface area contributed by atoms with Crippen LogP contribution in [-0.4, -0.2) is 31.8 Å². The molecule has 2 saturated heterocycles. The first-order chi connectivity index (χ1) is 30.9. The Morgan fingerprint density at radius 3 is 1.17 bits per heavy atom. The molecule has 65 heavy (non-hydrogen) atoms. The molecule has 8 aromatic rings. The first-order valence-electron chi connectivity index (χ1n) is 22.9. The zero-order chi connectivity index (χ0) is 46.3. The number of halogens is 3. The first kappa shape index (κ1) is 46.7. The van der Waals surface area contributed by atoms with Crippen LogP contribution in [0.3, 0.4) is 0 Å². The average Bonchev–Trinajstić information content (AvgIpc) is 3.64. The van der Waals surface area contributed by atoms with Gasteiger partial charge in [-0.15, -0.1) is 0 Å². The largest absolute Gasteiger partial charge is 0.496 e. The molecular formula is C57H59B2BrF2O3. The van der Waals surface area contributed by atoms with Crippen LogP contribution in [0.1, 0.15) is 68.7 Å². The molecule has 0 amide bonds. The maximum atomic E-state index is 13.6. The summed E-state index contributed by atoms with van der Waals surface area (Å²) in [5, 5.41) is 9.06. The Balaban J connectivity index is 0.000000144. The van der Waals surface area contributed by atoms with E-state index in [1.54, 1.807) is 0 Å². The molecule has 8 aromatic carbocycles. The lowest BCUT2D eigenvalue weighted by atomic mass is 9.63. The van der Waals surface area contributed by atoms with Crippen LogP contribution in [0.2, 0.25) is 12.6 Å². The lowest BCUT2D eigenvalue weighted by Gasteiger charge is -2.34. The van der Waals surface area contributed by atoms with E-state index < -0.39 is 18.3 Å². The van der Waals surface area contributed by atoms with Gasteiger partial charge in [0.1, 0.15) is 11.6 Å². The summed E-state index contributed by atoms with van der Waals surface area (Å²) < 4.78 is 46.7. The van der Waals surface area contributed by atoms with Crippen LogP contribution in [-0.2, 0) is 14.0 Å². The summed E-state index contributed by atoms with van der Waals surface area (Å²) >= 11 is 3.74. The minimum atomic E-state index is -0.466. The fraction of sp³-hybridized carbons (Fsp3) is 0.298. The van der Waals surface area contributed by atoms with Gasteiger partial charge in [0.05, 0.1) is 11.2 Å². The quantitative estimate of drug-likeness (QED) is 0.123. The van der Waals surface area contributed by atoms with E-state index in [4.69, 9.17) is 14.0 Å². The van der Waals surface area contributed by atoms with Crippen LogP contribution in [0.5, 0.6) is 0 Å². The van der Waals surface area contributed by atoms with Gasteiger partial charge in [-0.25, -0.2) is 8.78 Å². The molecule has 332 valence electrons. The minimum Gasteiger partial charge on any atom is -0.436 e. The number of fused-ring (bicyclic) bond motifs is 4. The second-order valence-corrected chi connectivity index (χ2v) is 20.7. The maximum Gasteiger partial charge on any atom is 0.496 e. The van der Waals surface area contributed by atoms with Crippen LogP contribution >= 0.6 is 15.9 Å². The van der Waals surface area contributed by atoms with Crippen LogP contribution in [0.4, 0.5) is 8.78 Å². The predicted molar refractivity (Wildman–Crippen MR) is 276 cm³/mol. The number of benzene rings is 8. The topological polar surface area (TPSA) is 27.7 Å². The lowest BCUT2D eigenvalue weighted by Crippen LogP contribution is -2.41. The summed E-state index contributed by atoms with van der Waals surface area (Å²) in [6.07, 6.45) is 3.58. The Morgan fingerprint density at radius 2 is 0.815 bits per heavy atom. The van der Waals surface area contributed by atoms with E-state index in [0.29, 0.717) is 17.7 Å². The summed E-state index contributed by atoms with van der Waals surface area (Å²) in [6.45, 7) is 21.4. The van der Waals surface area contributed by atoms with E-state index in [1.165, 1.54) is 58.5 Å². The van der Waals surface area contributed by atoms with Crippen molar-refractivity contribution >= 4 is 78.5 Å². The van der Waals surface area contributed by atoms with E-state index in [-0.39, 0.29) is 11.6 Å². The standard InChI is InChI=1S/C26H24BFO2.C20H12BrF.C11H23BO/c1-25(2)26(3,4)30-27(29-25)24-21-11-7-5-9-19(21)23(17-13-15-18(28)16-14-17)20-10-6-8-12-22(20)24;21-20-17-7-3-1-5-15(17)19(13-9-11-14(22)12-10-13)16-6-2-4-8-18(16)20;1-6-7-13-12-8-10(2,3)11(4,5)9-12/h5-16H,1-4H3;1-12H;6-9H2,1-5H3. The van der Waals surface area contributed by atoms with Crippen molar-refractivity contribution in [2.45, 2.75) is 92.6 Å². The third kappa shape index (κ3) is 9.17. The maximum absolute atomic E-state index is 13.6. The molecule has 0 atom stereocenters. The van der Waals surface area contributed by atoms with Gasteiger partial charge in [-0.05, 0) is 169 Å². The van der Waals surface area contributed by atoms with Crippen molar-refractivity contribution in [3.8, 4) is 22.3 Å². The first-order valence-corrected chi connectivity index (χ1v) is 23.7. The van der Waals surface area contributed by atoms with Gasteiger partial charge >= 0.3 is 7.12 Å². The van der Waals surface area contributed by atoms with Gasteiger partial charge in [-0.2, -0.15) is 0 Å². The monoisotopic (exact) mass is 930 g/mol. The highest BCUT2D eigenvalue weighted by Crippen LogP contribution is 2.53. The van der Waals surface area contributed by atoms with Crippen molar-refractivity contribution in [2.24, 2.45) is 10.8 Å². The molecule has 0 radical (unpaired) electrons. The molecule has 8 heteroatoms. The van der Waals surface area contributed by atoms with Crippen molar-refractivity contribution < 1.29 is 22.7 Å². The molecule has 0 spiro atoms. The second-order valence-electron chi connectivity index (χ2n) is 19.9. The molecule has 2 fully saturated rings. The Labute approximate surface area is 393 Å². The highest BCUT2D eigenvalue weighted by molar-refractivity contribution is 9.10. The van der Waals surface area contributed by atoms with Crippen LogP contribution in [0, 0.1) is 22.5 Å². The second kappa shape index (κ2) is 18.4. The van der Waals surface area contributed by atoms with Crippen LogP contribution in [0.15, 0.2) is 150 Å². The highest BCUT2D eigenvalue weighted by atomic mass is 79.9. The van der Waals surface area contributed by atoms with Gasteiger partial charge < -0.3 is 14.0 Å². The third-order valence-electron chi connectivity index (χ3n) is 14.5. The zero-order valence-corrected chi connectivity index (χ0v) is 40.8. The molecule has 10 rings (SSSR count). The Hall–Kier alpha value is -4.85. The number of hydrogen-bond donors (Lipinski definition) is 0. The van der Waals surface area contributed by atoms with E-state index in [0.717, 1.165) is 66.8 Å². The van der Waals surface area contributed by atoms with Crippen molar-refractivity contribution in [1.82, 2.24) is 0 Å². The smallest absolute Gasteiger partial charge is 0.436 e. The summed E-state index contributed by atoms with van der Waals surface area (Å²) in [5.41, 5.74) is 5.34. The predicted octanol–water partition coefficient (Wildman–Crippen LogP) is 16.1. The molecule has 0 aliphatic carbocycles. The van der Waals surface area contributed by atoms with Gasteiger partial charge in [0.2, 0.25) is 0 Å². The van der Waals surface area contributed by atoms with E-state index in [1.807, 2.05) is 72.8 Å². The van der Waals surface area contributed by atoms with Crippen LogP contribution in [0.25, 0.3) is 65.3 Å². The van der Waals surface area contributed by atoms with E-state index in [2.05, 4.69) is 127 Å². The van der Waals surface area contributed by atoms with Gasteiger partial charge in [-0.1, -0.05) is 156 Å². The molecular weight excluding hydrogens is 872 g/mol. The molecule has 2 aliphatic rings. The van der Waals surface area contributed by atoms with Gasteiger partial charge in [0.15, 0.2) is 0 Å². The van der Waals surface area contributed by atoms with Gasteiger partial charge in [-0.3, -0.25) is 0 Å². The molecule has 0 N–H and O–H groups in total. The Kier molecular flexibility index (Phi) is 13.2. The van der Waals surface area contributed by atoms with Crippen molar-refractivity contribution in [2.75, 3.05) is 6.61 Å². The molecule has 3 nitrogen and oxygen atoms in total. The molecule has 2 heterocycles. The molecule has 0 unspecified atom stereocenters. The average molecular weight is 932 g/mol. The molecule has 2 aliphatic heterocycles. The number of rotatable bonds is 6. The van der Waals surface area contributed by atoms with E-state index in [9.17, 15) is 8.78 Å². The van der Waals surface area contributed by atoms with Crippen molar-refractivity contribution in [3.05, 3.63) is 162 Å². The summed E-state index contributed by atoms with van der Waals surface area (Å²) in [6, 6.07) is 46.7. The summed E-state index contributed by atoms with van der Waals surface area (Å²) in [7, 11) is -0.466. The lowest BCUT2D eigenvalue weighted by molar-refractivity contribution is 0.00578. The fourth-order valence-electron chi connectivity index (χ4n) is 9.47. The Morgan fingerprint density at radius 1 is 0.492 bits per heavy atom. The fourth-order valence-corrected chi connectivity index (χ4v) is 10.2.